The van der Waals surface area contributed by atoms with Gasteiger partial charge in [-0.25, -0.2) is 0 Å². The smallest absolute Gasteiger partial charge is 0.550 e. The third-order valence-electron chi connectivity index (χ3n) is 1.36. The summed E-state index contributed by atoms with van der Waals surface area (Å²) in [6.07, 6.45) is 2.55. The first-order chi connectivity index (χ1) is 8.31. The summed E-state index contributed by atoms with van der Waals surface area (Å²) in [6.45, 7) is 5.40. The molecule has 6 nitrogen and oxygen atoms in total. The molecule has 0 aliphatic rings. The molecule has 0 saturated heterocycles. The van der Waals surface area contributed by atoms with Crippen LogP contribution < -0.4 is 15.3 Å². The molecule has 7 heteroatoms. The molecule has 0 radical (unpaired) electrons. The number of carbonyl (C=O) groups excluding carboxylic acids is 3. The van der Waals surface area contributed by atoms with E-state index in [1.54, 1.807) is 20.8 Å². The van der Waals surface area contributed by atoms with Crippen molar-refractivity contribution in [3.05, 3.63) is 0 Å². The van der Waals surface area contributed by atoms with Crippen LogP contribution in [0.5, 0.6) is 0 Å². The summed E-state index contributed by atoms with van der Waals surface area (Å²) in [5.41, 5.74) is 0. The molecule has 0 aromatic heterocycles. The minimum atomic E-state index is -0.961. The first-order valence-electron chi connectivity index (χ1n) is 5.91. The normalized spacial score (nSPS) is 7.74. The van der Waals surface area contributed by atoms with Gasteiger partial charge in [-0.15, -0.1) is 0 Å². The molecule has 0 saturated carbocycles. The Bertz CT molecular complexity index is 192. The van der Waals surface area contributed by atoms with E-state index >= 15 is 0 Å². The molecule has 0 fully saturated rings. The zero-order valence-corrected chi connectivity index (χ0v) is 13.2. The van der Waals surface area contributed by atoms with E-state index in [4.69, 9.17) is 0 Å². The first-order valence-corrected chi connectivity index (χ1v) is 5.91. The van der Waals surface area contributed by atoms with E-state index in [0.717, 1.165) is 0 Å². The van der Waals surface area contributed by atoms with Gasteiger partial charge in [-0.2, -0.15) is 0 Å². The molecule has 118 valence electrons. The molecule has 19 heavy (non-hydrogen) atoms. The van der Waals surface area contributed by atoms with Crippen LogP contribution in [-0.2, 0) is 14.4 Å². The van der Waals surface area contributed by atoms with Crippen molar-refractivity contribution in [3.8, 4) is 0 Å². The molecule has 0 rings (SSSR count). The first kappa shape index (κ1) is 27.1. The SMILES string of the molecule is CCCC(=O)[O-].CCCC(=O)[O-].CCCC(=O)[O-].[Tm+3]. The largest absolute Gasteiger partial charge is 3.00 e. The molecule has 0 aliphatic heterocycles. The number of hydrogen-bond acceptors (Lipinski definition) is 6. The van der Waals surface area contributed by atoms with Gasteiger partial charge in [0.05, 0.1) is 0 Å². The fraction of sp³-hybridized carbons (Fsp3) is 0.750. The summed E-state index contributed by atoms with van der Waals surface area (Å²) in [6, 6.07) is 0. The van der Waals surface area contributed by atoms with Crippen LogP contribution in [0.2, 0.25) is 0 Å². The maximum absolute atomic E-state index is 9.49. The zero-order valence-electron chi connectivity index (χ0n) is 11.5. The van der Waals surface area contributed by atoms with Gasteiger partial charge in [0, 0.05) is 17.9 Å². The van der Waals surface area contributed by atoms with Gasteiger partial charge in [-0.1, -0.05) is 40.0 Å². The monoisotopic (exact) mass is 430 g/mol. The Kier molecular flexibility index (Phi) is 32.5. The van der Waals surface area contributed by atoms with Crippen molar-refractivity contribution in [2.24, 2.45) is 0 Å². The molecule has 0 bridgehead atoms. The molecule has 0 amide bonds. The van der Waals surface area contributed by atoms with Crippen molar-refractivity contribution in [1.82, 2.24) is 0 Å². The molecule has 0 heterocycles. The topological polar surface area (TPSA) is 120 Å². The zero-order chi connectivity index (χ0) is 15.0. The number of carbonyl (C=O) groups is 3. The van der Waals surface area contributed by atoms with Crippen LogP contribution >= 0.6 is 0 Å². The molecule has 0 spiro atoms. The molecular formula is C12H21O6Tm. The Hall–Kier alpha value is -0.356. The third-order valence-corrected chi connectivity index (χ3v) is 1.36. The van der Waals surface area contributed by atoms with Crippen LogP contribution in [0.3, 0.4) is 0 Å². The quantitative estimate of drug-likeness (QED) is 0.512. The van der Waals surface area contributed by atoms with Crippen molar-refractivity contribution in [2.45, 2.75) is 59.3 Å². The number of hydrogen-bond donors (Lipinski definition) is 0. The van der Waals surface area contributed by atoms with Crippen LogP contribution in [-0.4, -0.2) is 17.9 Å². The van der Waals surface area contributed by atoms with Crippen LogP contribution in [0.4, 0.5) is 0 Å². The van der Waals surface area contributed by atoms with E-state index < -0.39 is 17.9 Å². The number of aliphatic carboxylic acids is 3. The van der Waals surface area contributed by atoms with E-state index in [0.29, 0.717) is 19.3 Å². The van der Waals surface area contributed by atoms with Crippen LogP contribution in [0, 0.1) is 36.9 Å². The minimum absolute atomic E-state index is 0. The Morgan fingerprint density at radius 1 is 0.632 bits per heavy atom. The average Bonchev–Trinajstić information content (AvgIpc) is 2.18. The van der Waals surface area contributed by atoms with Gasteiger partial charge >= 0.3 is 36.9 Å². The number of carboxylic acids is 3. The molecule has 0 unspecified atom stereocenters. The summed E-state index contributed by atoms with van der Waals surface area (Å²) in [5, 5.41) is 28.5. The second kappa shape index (κ2) is 22.8. The van der Waals surface area contributed by atoms with E-state index in [-0.39, 0.29) is 56.1 Å². The fourth-order valence-electron chi connectivity index (χ4n) is 0.612. The summed E-state index contributed by atoms with van der Waals surface area (Å²) in [5.74, 6) is -2.88. The van der Waals surface area contributed by atoms with Gasteiger partial charge in [-0.05, 0) is 19.3 Å². The maximum Gasteiger partial charge on any atom is 3.00 e. The van der Waals surface area contributed by atoms with Crippen LogP contribution in [0.15, 0.2) is 0 Å². The van der Waals surface area contributed by atoms with Crippen molar-refractivity contribution >= 4 is 17.9 Å². The molecular weight excluding hydrogens is 409 g/mol. The van der Waals surface area contributed by atoms with Crippen molar-refractivity contribution < 1.29 is 66.6 Å². The average molecular weight is 430 g/mol. The molecule has 0 N–H and O–H groups in total. The molecule has 0 atom stereocenters. The Morgan fingerprint density at radius 3 is 0.789 bits per heavy atom. The van der Waals surface area contributed by atoms with E-state index in [2.05, 4.69) is 0 Å². The summed E-state index contributed by atoms with van der Waals surface area (Å²) >= 11 is 0. The van der Waals surface area contributed by atoms with Crippen LogP contribution in [0.25, 0.3) is 0 Å². The van der Waals surface area contributed by atoms with E-state index in [9.17, 15) is 29.7 Å². The van der Waals surface area contributed by atoms with Crippen molar-refractivity contribution in [1.29, 1.82) is 0 Å². The van der Waals surface area contributed by atoms with Crippen molar-refractivity contribution in [2.75, 3.05) is 0 Å². The van der Waals surface area contributed by atoms with Gasteiger partial charge < -0.3 is 29.7 Å². The Balaban J connectivity index is -0.0000000865. The van der Waals surface area contributed by atoms with Gasteiger partial charge in [0.25, 0.3) is 0 Å². The Morgan fingerprint density at radius 2 is 0.789 bits per heavy atom. The van der Waals surface area contributed by atoms with Crippen LogP contribution in [0.1, 0.15) is 59.3 Å². The fourth-order valence-corrected chi connectivity index (χ4v) is 0.612. The second-order valence-corrected chi connectivity index (χ2v) is 3.37. The standard InChI is InChI=1S/3C4H8O2.Tm/c3*1-2-3-4(5)6;/h3*2-3H2,1H3,(H,5,6);/q;;;+3/p-3. The summed E-state index contributed by atoms with van der Waals surface area (Å²) in [7, 11) is 0. The Labute approximate surface area is 143 Å². The third kappa shape index (κ3) is 57.8. The van der Waals surface area contributed by atoms with Gasteiger partial charge in [0.1, 0.15) is 0 Å². The van der Waals surface area contributed by atoms with Crippen molar-refractivity contribution in [3.63, 3.8) is 0 Å². The van der Waals surface area contributed by atoms with E-state index in [1.165, 1.54) is 0 Å². The maximum atomic E-state index is 9.49. The molecule has 0 aliphatic carbocycles. The predicted molar refractivity (Wildman–Crippen MR) is 59.7 cm³/mol. The minimum Gasteiger partial charge on any atom is -0.550 e. The second-order valence-electron chi connectivity index (χ2n) is 3.37. The van der Waals surface area contributed by atoms with Gasteiger partial charge in [0.15, 0.2) is 0 Å². The summed E-state index contributed by atoms with van der Waals surface area (Å²) < 4.78 is 0. The van der Waals surface area contributed by atoms with Gasteiger partial charge in [-0.3, -0.25) is 0 Å². The molecule has 0 aromatic carbocycles. The number of carboxylic acid groups (broad SMARTS) is 3. The predicted octanol–water partition coefficient (Wildman–Crippen LogP) is -1.39. The molecule has 0 aromatic rings. The van der Waals surface area contributed by atoms with E-state index in [1.807, 2.05) is 0 Å². The number of rotatable bonds is 6. The van der Waals surface area contributed by atoms with Gasteiger partial charge in [0.2, 0.25) is 0 Å². The summed E-state index contributed by atoms with van der Waals surface area (Å²) in [4.78, 5) is 28.5.